The molecule has 28 heavy (non-hydrogen) atoms. The molecule has 0 saturated heterocycles. The Bertz CT molecular complexity index is 1090. The lowest BCUT2D eigenvalue weighted by Crippen LogP contribution is -2.16. The lowest BCUT2D eigenvalue weighted by atomic mass is 10.2. The van der Waals surface area contributed by atoms with Gasteiger partial charge in [-0.25, -0.2) is 0 Å². The second kappa shape index (κ2) is 8.95. The predicted molar refractivity (Wildman–Crippen MR) is 117 cm³/mol. The lowest BCUT2D eigenvalue weighted by Gasteiger charge is -2.12. The van der Waals surface area contributed by atoms with E-state index in [-0.39, 0.29) is 21.5 Å². The van der Waals surface area contributed by atoms with Gasteiger partial charge >= 0.3 is 0 Å². The van der Waals surface area contributed by atoms with Crippen LogP contribution >= 0.6 is 24.0 Å². The molecule has 0 saturated carbocycles. The highest BCUT2D eigenvalue weighted by molar-refractivity contribution is 7.99. The standard InChI is InChI=1S/C21H20N2O3S2/c1-14(28-2)8-13-18-19(24)22-21(27)23(20(18)25)15-9-11-17(12-10-15)26-16-6-4-3-5-7-16/h3-14,25H,1-2H3,(H,22,24,27). The maximum Gasteiger partial charge on any atom is 0.262 e. The van der Waals surface area contributed by atoms with Crippen LogP contribution in [-0.4, -0.2) is 26.2 Å². The molecule has 1 unspecified atom stereocenters. The Balaban J connectivity index is 1.96. The molecule has 0 aliphatic rings. The summed E-state index contributed by atoms with van der Waals surface area (Å²) in [5.74, 6) is 1.18. The van der Waals surface area contributed by atoms with Gasteiger partial charge in [-0.05, 0) is 67.9 Å². The monoisotopic (exact) mass is 412 g/mol. The second-order valence-corrected chi connectivity index (χ2v) is 7.64. The molecule has 1 heterocycles. The Morgan fingerprint density at radius 3 is 2.43 bits per heavy atom. The van der Waals surface area contributed by atoms with Gasteiger partial charge in [-0.1, -0.05) is 24.3 Å². The lowest BCUT2D eigenvalue weighted by molar-refractivity contribution is 0.431. The number of ether oxygens (including phenoxy) is 1. The van der Waals surface area contributed by atoms with Crippen molar-refractivity contribution in [1.29, 1.82) is 0 Å². The number of nitrogens with zero attached hydrogens (tertiary/aromatic N) is 1. The van der Waals surface area contributed by atoms with Gasteiger partial charge in [0, 0.05) is 5.25 Å². The molecule has 3 aromatic rings. The van der Waals surface area contributed by atoms with Gasteiger partial charge in [-0.2, -0.15) is 11.8 Å². The van der Waals surface area contributed by atoms with E-state index in [4.69, 9.17) is 17.0 Å². The fourth-order valence-corrected chi connectivity index (χ4v) is 3.05. The van der Waals surface area contributed by atoms with Gasteiger partial charge in [0.25, 0.3) is 5.56 Å². The third-order valence-electron chi connectivity index (χ3n) is 4.10. The minimum Gasteiger partial charge on any atom is -0.494 e. The summed E-state index contributed by atoms with van der Waals surface area (Å²) in [6.45, 7) is 2.01. The zero-order valence-electron chi connectivity index (χ0n) is 15.5. The van der Waals surface area contributed by atoms with Crippen LogP contribution in [0.4, 0.5) is 0 Å². The highest BCUT2D eigenvalue weighted by Gasteiger charge is 2.12. The first-order valence-corrected chi connectivity index (χ1v) is 10.3. The van der Waals surface area contributed by atoms with Gasteiger partial charge in [0.1, 0.15) is 17.1 Å². The zero-order chi connectivity index (χ0) is 20.1. The topological polar surface area (TPSA) is 67.2 Å². The third-order valence-corrected chi connectivity index (χ3v) is 5.29. The van der Waals surface area contributed by atoms with Crippen molar-refractivity contribution >= 4 is 30.1 Å². The number of hydrogen-bond donors (Lipinski definition) is 2. The molecule has 0 amide bonds. The fraction of sp³-hybridized carbons (Fsp3) is 0.143. The van der Waals surface area contributed by atoms with Gasteiger partial charge in [0.05, 0.1) is 5.69 Å². The molecular formula is C21H20N2O3S2. The van der Waals surface area contributed by atoms with E-state index in [1.807, 2.05) is 49.6 Å². The Hall–Kier alpha value is -2.77. The van der Waals surface area contributed by atoms with Crippen molar-refractivity contribution in [2.45, 2.75) is 12.2 Å². The van der Waals surface area contributed by atoms with E-state index in [1.165, 1.54) is 4.57 Å². The molecule has 7 heteroatoms. The van der Waals surface area contributed by atoms with Gasteiger partial charge < -0.3 is 9.84 Å². The van der Waals surface area contributed by atoms with E-state index in [1.54, 1.807) is 42.1 Å². The Morgan fingerprint density at radius 1 is 1.14 bits per heavy atom. The van der Waals surface area contributed by atoms with Crippen molar-refractivity contribution in [3.8, 4) is 23.1 Å². The number of aromatic amines is 1. The highest BCUT2D eigenvalue weighted by atomic mass is 32.2. The molecule has 144 valence electrons. The predicted octanol–water partition coefficient (Wildman–Crippen LogP) is 5.16. The largest absolute Gasteiger partial charge is 0.494 e. The van der Waals surface area contributed by atoms with E-state index >= 15 is 0 Å². The van der Waals surface area contributed by atoms with Crippen molar-refractivity contribution in [1.82, 2.24) is 9.55 Å². The summed E-state index contributed by atoms with van der Waals surface area (Å²) in [6, 6.07) is 16.5. The Labute approximate surface area is 172 Å². The van der Waals surface area contributed by atoms with Crippen LogP contribution in [0, 0.1) is 4.77 Å². The smallest absolute Gasteiger partial charge is 0.262 e. The Morgan fingerprint density at radius 2 is 1.79 bits per heavy atom. The molecule has 0 bridgehead atoms. The molecule has 1 atom stereocenters. The summed E-state index contributed by atoms with van der Waals surface area (Å²) in [4.78, 5) is 14.8. The van der Waals surface area contributed by atoms with E-state index in [0.717, 1.165) is 5.75 Å². The number of para-hydroxylation sites is 1. The minimum absolute atomic E-state index is 0.120. The van der Waals surface area contributed by atoms with Gasteiger partial charge in [0.15, 0.2) is 4.77 Å². The van der Waals surface area contributed by atoms with Crippen molar-refractivity contribution in [3.63, 3.8) is 0 Å². The number of aromatic hydroxyl groups is 1. The van der Waals surface area contributed by atoms with Crippen molar-refractivity contribution in [2.75, 3.05) is 6.26 Å². The van der Waals surface area contributed by atoms with Crippen LogP contribution in [0.3, 0.4) is 0 Å². The summed E-state index contributed by atoms with van der Waals surface area (Å²) in [5.41, 5.74) is 0.359. The van der Waals surface area contributed by atoms with Crippen LogP contribution in [0.1, 0.15) is 12.5 Å². The number of benzene rings is 2. The van der Waals surface area contributed by atoms with Crippen molar-refractivity contribution in [2.24, 2.45) is 0 Å². The summed E-state index contributed by atoms with van der Waals surface area (Å²) in [6.07, 6.45) is 5.46. The molecule has 5 nitrogen and oxygen atoms in total. The first kappa shape index (κ1) is 20.0. The summed E-state index contributed by atoms with van der Waals surface area (Å²) in [7, 11) is 0. The van der Waals surface area contributed by atoms with Crippen molar-refractivity contribution < 1.29 is 9.84 Å². The van der Waals surface area contributed by atoms with Crippen molar-refractivity contribution in [3.05, 3.63) is 81.4 Å². The first-order valence-electron chi connectivity index (χ1n) is 8.62. The van der Waals surface area contributed by atoms with Gasteiger partial charge in [-0.15, -0.1) is 0 Å². The van der Waals surface area contributed by atoms with Crippen LogP contribution in [-0.2, 0) is 0 Å². The van der Waals surface area contributed by atoms with E-state index in [2.05, 4.69) is 4.98 Å². The number of aromatic nitrogens is 2. The quantitative estimate of drug-likeness (QED) is 0.548. The highest BCUT2D eigenvalue weighted by Crippen LogP contribution is 2.25. The fourth-order valence-electron chi connectivity index (χ4n) is 2.53. The number of nitrogens with one attached hydrogen (secondary N) is 1. The zero-order valence-corrected chi connectivity index (χ0v) is 17.1. The number of hydrogen-bond acceptors (Lipinski definition) is 5. The molecule has 0 aliphatic carbocycles. The van der Waals surface area contributed by atoms with Gasteiger partial charge in [-0.3, -0.25) is 14.3 Å². The number of H-pyrrole nitrogens is 1. The third kappa shape index (κ3) is 4.55. The molecule has 0 spiro atoms. The molecule has 0 aliphatic heterocycles. The normalized spacial score (nSPS) is 12.2. The average Bonchev–Trinajstić information content (AvgIpc) is 2.69. The molecule has 1 aromatic heterocycles. The summed E-state index contributed by atoms with van der Waals surface area (Å²) in [5, 5.41) is 10.9. The van der Waals surface area contributed by atoms with Crippen LogP contribution < -0.4 is 10.3 Å². The van der Waals surface area contributed by atoms with Crippen LogP contribution in [0.15, 0.2) is 65.5 Å². The van der Waals surface area contributed by atoms with Crippen LogP contribution in [0.5, 0.6) is 17.4 Å². The Kier molecular flexibility index (Phi) is 6.38. The molecule has 0 radical (unpaired) electrons. The molecule has 0 fully saturated rings. The maximum atomic E-state index is 12.2. The van der Waals surface area contributed by atoms with Crippen LogP contribution in [0.25, 0.3) is 11.8 Å². The van der Waals surface area contributed by atoms with Gasteiger partial charge in [0.2, 0.25) is 5.88 Å². The maximum absolute atomic E-state index is 12.2. The van der Waals surface area contributed by atoms with E-state index in [0.29, 0.717) is 11.4 Å². The summed E-state index contributed by atoms with van der Waals surface area (Å²) < 4.78 is 7.32. The molecular weight excluding hydrogens is 392 g/mol. The average molecular weight is 413 g/mol. The minimum atomic E-state index is -0.424. The number of thioether (sulfide) groups is 1. The first-order chi connectivity index (χ1) is 13.5. The second-order valence-electron chi connectivity index (χ2n) is 6.04. The summed E-state index contributed by atoms with van der Waals surface area (Å²) >= 11 is 6.89. The SMILES string of the molecule is CSC(C)C=Cc1c(O)n(-c2ccc(Oc3ccccc3)cc2)c(=S)[nH]c1=O. The molecule has 2 aromatic carbocycles. The van der Waals surface area contributed by atoms with E-state index in [9.17, 15) is 9.90 Å². The molecule has 3 rings (SSSR count). The van der Waals surface area contributed by atoms with E-state index < -0.39 is 5.56 Å². The van der Waals surface area contributed by atoms with Crippen LogP contribution in [0.2, 0.25) is 0 Å². The number of rotatable bonds is 6. The molecule has 2 N–H and O–H groups in total.